The molecule has 1 aromatic carbocycles. The highest BCUT2D eigenvalue weighted by atomic mass is 19.4. The number of hydrogen-bond donors (Lipinski definition) is 3. The molecule has 25 heavy (non-hydrogen) atoms. The molecule has 10 heteroatoms. The molecule has 2 aromatic rings. The van der Waals surface area contributed by atoms with Crippen LogP contribution in [-0.2, 0) is 6.18 Å². The van der Waals surface area contributed by atoms with Gasteiger partial charge in [-0.3, -0.25) is 9.89 Å². The second kappa shape index (κ2) is 6.46. The molecule has 0 aliphatic carbocycles. The summed E-state index contributed by atoms with van der Waals surface area (Å²) in [5.74, 6) is -2.29. The molecule has 0 unspecified atom stereocenters. The summed E-state index contributed by atoms with van der Waals surface area (Å²) in [6, 6.07) is 3.05. The first kappa shape index (κ1) is 18.3. The topological polar surface area (TPSA) is 98.3 Å². The Hall–Kier alpha value is -3.04. The average molecular weight is 356 g/mol. The lowest BCUT2D eigenvalue weighted by molar-refractivity contribution is -0.137. The Labute approximate surface area is 140 Å². The molecular formula is C15H15F3N4O3. The van der Waals surface area contributed by atoms with Crippen LogP contribution in [0.2, 0.25) is 0 Å². The molecule has 1 heterocycles. The number of carboxylic acid groups (broad SMARTS) is 1. The van der Waals surface area contributed by atoms with Crippen LogP contribution < -0.4 is 10.2 Å². The van der Waals surface area contributed by atoms with Crippen LogP contribution in [0.4, 0.5) is 24.5 Å². The van der Waals surface area contributed by atoms with Crippen molar-refractivity contribution in [3.05, 3.63) is 40.7 Å². The number of amides is 1. The largest absolute Gasteiger partial charge is 0.478 e. The van der Waals surface area contributed by atoms with Gasteiger partial charge in [-0.1, -0.05) is 0 Å². The van der Waals surface area contributed by atoms with Crippen molar-refractivity contribution in [2.45, 2.75) is 13.1 Å². The van der Waals surface area contributed by atoms with E-state index < -0.39 is 29.3 Å². The summed E-state index contributed by atoms with van der Waals surface area (Å²) in [6.07, 6.45) is -4.60. The number of anilines is 2. The molecule has 1 aromatic heterocycles. The highest BCUT2D eigenvalue weighted by Crippen LogP contribution is 2.34. The van der Waals surface area contributed by atoms with Gasteiger partial charge < -0.3 is 15.3 Å². The van der Waals surface area contributed by atoms with Crippen LogP contribution in [0.25, 0.3) is 0 Å². The third kappa shape index (κ3) is 3.90. The Bertz CT molecular complexity index is 828. The molecule has 7 nitrogen and oxygen atoms in total. The molecule has 0 aliphatic rings. The lowest BCUT2D eigenvalue weighted by Crippen LogP contribution is -2.18. The Morgan fingerprint density at radius 3 is 2.40 bits per heavy atom. The summed E-state index contributed by atoms with van der Waals surface area (Å²) in [4.78, 5) is 24.9. The standard InChI is InChI=1S/C15H15F3N4O3/c1-7-11(14(24)25)12(21-20-7)13(23)19-9-4-8(15(16,17)18)5-10(6-9)22(2)3/h4-6H,1-3H3,(H,19,23)(H,20,21)(H,24,25). The lowest BCUT2D eigenvalue weighted by Gasteiger charge is -2.17. The number of aromatic carboxylic acids is 1. The summed E-state index contributed by atoms with van der Waals surface area (Å²) in [6.45, 7) is 1.42. The zero-order valence-corrected chi connectivity index (χ0v) is 13.5. The second-order valence-electron chi connectivity index (χ2n) is 5.49. The Kier molecular flexibility index (Phi) is 4.73. The SMILES string of the molecule is Cc1[nH]nc(C(=O)Nc2cc(N(C)C)cc(C(F)(F)F)c2)c1C(=O)O. The number of halogens is 3. The summed E-state index contributed by atoms with van der Waals surface area (Å²) < 4.78 is 39.1. The number of nitrogens with zero attached hydrogens (tertiary/aromatic N) is 2. The fourth-order valence-electron chi connectivity index (χ4n) is 2.15. The fourth-order valence-corrected chi connectivity index (χ4v) is 2.15. The van der Waals surface area contributed by atoms with Crippen LogP contribution in [0.5, 0.6) is 0 Å². The van der Waals surface area contributed by atoms with E-state index in [1.807, 2.05) is 0 Å². The van der Waals surface area contributed by atoms with Gasteiger partial charge in [-0.15, -0.1) is 0 Å². The molecule has 0 spiro atoms. The zero-order valence-electron chi connectivity index (χ0n) is 13.5. The molecule has 0 fully saturated rings. The average Bonchev–Trinajstić information content (AvgIpc) is 2.88. The van der Waals surface area contributed by atoms with Gasteiger partial charge >= 0.3 is 12.1 Å². The van der Waals surface area contributed by atoms with Crippen molar-refractivity contribution in [2.24, 2.45) is 0 Å². The maximum Gasteiger partial charge on any atom is 0.416 e. The number of aromatic amines is 1. The van der Waals surface area contributed by atoms with E-state index in [-0.39, 0.29) is 22.6 Å². The van der Waals surface area contributed by atoms with E-state index in [1.165, 1.54) is 17.9 Å². The Morgan fingerprint density at radius 1 is 1.24 bits per heavy atom. The van der Waals surface area contributed by atoms with Crippen molar-refractivity contribution >= 4 is 23.3 Å². The fraction of sp³-hybridized carbons (Fsp3) is 0.267. The molecule has 0 bridgehead atoms. The van der Waals surface area contributed by atoms with Crippen LogP contribution in [0.3, 0.4) is 0 Å². The summed E-state index contributed by atoms with van der Waals surface area (Å²) >= 11 is 0. The van der Waals surface area contributed by atoms with E-state index in [0.29, 0.717) is 0 Å². The Morgan fingerprint density at radius 2 is 1.88 bits per heavy atom. The summed E-state index contributed by atoms with van der Waals surface area (Å²) in [5.41, 5.74) is -1.42. The smallest absolute Gasteiger partial charge is 0.416 e. The van der Waals surface area contributed by atoms with Crippen molar-refractivity contribution in [2.75, 3.05) is 24.3 Å². The van der Waals surface area contributed by atoms with Gasteiger partial charge in [0, 0.05) is 31.2 Å². The molecule has 0 saturated carbocycles. The minimum atomic E-state index is -4.60. The van der Waals surface area contributed by atoms with Crippen molar-refractivity contribution in [3.8, 4) is 0 Å². The molecule has 0 aliphatic heterocycles. The lowest BCUT2D eigenvalue weighted by atomic mass is 10.1. The molecule has 1 amide bonds. The number of rotatable bonds is 4. The number of carbonyl (C=O) groups excluding carboxylic acids is 1. The third-order valence-electron chi connectivity index (χ3n) is 3.40. The zero-order chi connectivity index (χ0) is 18.9. The Balaban J connectivity index is 2.41. The van der Waals surface area contributed by atoms with E-state index >= 15 is 0 Å². The van der Waals surface area contributed by atoms with Gasteiger partial charge in [0.15, 0.2) is 5.69 Å². The monoisotopic (exact) mass is 356 g/mol. The number of nitrogens with one attached hydrogen (secondary N) is 2. The second-order valence-corrected chi connectivity index (χ2v) is 5.49. The molecule has 2 rings (SSSR count). The van der Waals surface area contributed by atoms with E-state index in [9.17, 15) is 22.8 Å². The predicted molar refractivity (Wildman–Crippen MR) is 84.0 cm³/mol. The van der Waals surface area contributed by atoms with E-state index in [1.54, 1.807) is 14.1 Å². The van der Waals surface area contributed by atoms with Crippen molar-refractivity contribution in [1.29, 1.82) is 0 Å². The van der Waals surface area contributed by atoms with E-state index in [0.717, 1.165) is 12.1 Å². The van der Waals surface area contributed by atoms with E-state index in [4.69, 9.17) is 5.11 Å². The molecule has 134 valence electrons. The van der Waals surface area contributed by atoms with Gasteiger partial charge in [0.05, 0.1) is 5.56 Å². The van der Waals surface area contributed by atoms with E-state index in [2.05, 4.69) is 15.5 Å². The molecule has 0 saturated heterocycles. The molecular weight excluding hydrogens is 341 g/mol. The normalized spacial score (nSPS) is 11.3. The highest BCUT2D eigenvalue weighted by molar-refractivity contribution is 6.10. The first-order chi connectivity index (χ1) is 11.5. The maximum absolute atomic E-state index is 13.0. The number of carboxylic acids is 1. The van der Waals surface area contributed by atoms with Crippen LogP contribution in [0.1, 0.15) is 32.1 Å². The van der Waals surface area contributed by atoms with Crippen LogP contribution in [0, 0.1) is 6.92 Å². The summed E-state index contributed by atoms with van der Waals surface area (Å²) in [7, 11) is 3.11. The number of aryl methyl sites for hydroxylation is 1. The molecule has 3 N–H and O–H groups in total. The number of H-pyrrole nitrogens is 1. The number of benzene rings is 1. The van der Waals surface area contributed by atoms with Gasteiger partial charge in [0.1, 0.15) is 5.56 Å². The minimum Gasteiger partial charge on any atom is -0.478 e. The maximum atomic E-state index is 13.0. The van der Waals surface area contributed by atoms with Gasteiger partial charge in [0.2, 0.25) is 0 Å². The predicted octanol–water partition coefficient (Wildman–Crippen LogP) is 2.75. The van der Waals surface area contributed by atoms with Gasteiger partial charge in [-0.25, -0.2) is 4.79 Å². The van der Waals surface area contributed by atoms with Crippen molar-refractivity contribution < 1.29 is 27.9 Å². The van der Waals surface area contributed by atoms with Crippen molar-refractivity contribution in [1.82, 2.24) is 10.2 Å². The first-order valence-electron chi connectivity index (χ1n) is 7.00. The summed E-state index contributed by atoms with van der Waals surface area (Å²) in [5, 5.41) is 17.4. The number of aromatic nitrogens is 2. The quantitative estimate of drug-likeness (QED) is 0.782. The first-order valence-corrected chi connectivity index (χ1v) is 7.00. The van der Waals surface area contributed by atoms with Crippen LogP contribution >= 0.6 is 0 Å². The minimum absolute atomic E-state index is 0.125. The third-order valence-corrected chi connectivity index (χ3v) is 3.40. The van der Waals surface area contributed by atoms with Crippen LogP contribution in [-0.4, -0.2) is 41.3 Å². The van der Waals surface area contributed by atoms with Crippen molar-refractivity contribution in [3.63, 3.8) is 0 Å². The van der Waals surface area contributed by atoms with Gasteiger partial charge in [-0.2, -0.15) is 18.3 Å². The molecule has 0 radical (unpaired) electrons. The number of carbonyl (C=O) groups is 2. The number of hydrogen-bond acceptors (Lipinski definition) is 4. The van der Waals surface area contributed by atoms with Crippen LogP contribution in [0.15, 0.2) is 18.2 Å². The van der Waals surface area contributed by atoms with Gasteiger partial charge in [-0.05, 0) is 25.1 Å². The highest BCUT2D eigenvalue weighted by Gasteiger charge is 2.32. The van der Waals surface area contributed by atoms with Gasteiger partial charge in [0.25, 0.3) is 5.91 Å². The molecule has 0 atom stereocenters. The number of alkyl halides is 3.